The average molecular weight is 930 g/mol. The van der Waals surface area contributed by atoms with E-state index in [1.165, 1.54) is 19.3 Å². The maximum atomic E-state index is 11.0. The van der Waals surface area contributed by atoms with Crippen molar-refractivity contribution in [1.82, 2.24) is 0 Å². The molecule has 1 atom stereocenters. The molecule has 0 aromatic heterocycles. The molecule has 0 amide bonds. The van der Waals surface area contributed by atoms with Gasteiger partial charge in [0, 0.05) is 19.8 Å². The smallest absolute Gasteiger partial charge is 0.335 e. The van der Waals surface area contributed by atoms with Crippen LogP contribution in [0.4, 0.5) is 0 Å². The summed E-state index contributed by atoms with van der Waals surface area (Å²) in [4.78, 5) is 21.9. The lowest BCUT2D eigenvalue weighted by atomic mass is 10.1. The molecule has 60 heavy (non-hydrogen) atoms. The van der Waals surface area contributed by atoms with Gasteiger partial charge in [-0.3, -0.25) is 0 Å². The first-order valence-electron chi connectivity index (χ1n) is 20.6. The minimum atomic E-state index is -0.917. The third kappa shape index (κ3) is 23.7. The monoisotopic (exact) mass is 928 g/mol. The van der Waals surface area contributed by atoms with Crippen molar-refractivity contribution in [2.75, 3.05) is 39.6 Å². The van der Waals surface area contributed by atoms with Gasteiger partial charge >= 0.3 is 11.9 Å². The number of aliphatic hydroxyl groups is 1. The van der Waals surface area contributed by atoms with Crippen molar-refractivity contribution in [2.24, 2.45) is 0 Å². The molecule has 2 heterocycles. The third-order valence-corrected chi connectivity index (χ3v) is 9.01. The van der Waals surface area contributed by atoms with E-state index in [0.29, 0.717) is 24.3 Å². The van der Waals surface area contributed by atoms with Crippen LogP contribution in [0.15, 0.2) is 85.1 Å². The third-order valence-electron chi connectivity index (χ3n) is 9.01. The molecule has 4 aromatic rings. The van der Waals surface area contributed by atoms with E-state index in [4.69, 9.17) is 75.1 Å². The molecular weight excluding hydrogens is 870 g/mol. The number of fused-ring (bicyclic) bond motifs is 2. The second kappa shape index (κ2) is 33.4. The lowest BCUT2D eigenvalue weighted by molar-refractivity contribution is -0.162. The minimum absolute atomic E-state index is 0.0153. The number of aliphatic hydroxyl groups excluding tert-OH is 1. The number of hydrogen-bond donors (Lipinski definition) is 3. The summed E-state index contributed by atoms with van der Waals surface area (Å²) in [5.41, 5.74) is 0.593. The van der Waals surface area contributed by atoms with Crippen molar-refractivity contribution in [3.05, 3.63) is 96.3 Å². The van der Waals surface area contributed by atoms with Gasteiger partial charge in [-0.2, -0.15) is 0 Å². The summed E-state index contributed by atoms with van der Waals surface area (Å²) >= 11 is 18.4. The number of carboxylic acid groups (broad SMARTS) is 2. The van der Waals surface area contributed by atoms with E-state index in [0.717, 1.165) is 117 Å². The summed E-state index contributed by atoms with van der Waals surface area (Å²) in [6, 6.07) is 21.6. The predicted molar refractivity (Wildman–Crippen MR) is 248 cm³/mol. The van der Waals surface area contributed by atoms with E-state index in [9.17, 15) is 9.59 Å². The molecule has 0 bridgehead atoms. The van der Waals surface area contributed by atoms with Crippen LogP contribution >= 0.6 is 42.8 Å². The van der Waals surface area contributed by atoms with Crippen LogP contribution in [-0.2, 0) is 26.0 Å². The maximum Gasteiger partial charge on any atom is 0.335 e. The number of hydrogen-bond acceptors (Lipinski definition) is 9. The number of carboxylic acids is 2. The van der Waals surface area contributed by atoms with Crippen LogP contribution in [0.3, 0.4) is 0 Å². The molecule has 0 aliphatic carbocycles. The number of carbonyl (C=O) groups is 2. The first-order valence-corrected chi connectivity index (χ1v) is 22.9. The Hall–Kier alpha value is -3.25. The zero-order chi connectivity index (χ0) is 44.5. The molecule has 330 valence electrons. The van der Waals surface area contributed by atoms with E-state index >= 15 is 0 Å². The van der Waals surface area contributed by atoms with Crippen LogP contribution < -0.4 is 9.47 Å². The van der Waals surface area contributed by atoms with Gasteiger partial charge in [0.05, 0.1) is 37.2 Å². The highest BCUT2D eigenvalue weighted by atomic mass is 35.6. The van der Waals surface area contributed by atoms with Crippen molar-refractivity contribution in [2.45, 2.75) is 94.1 Å². The fourth-order valence-electron chi connectivity index (χ4n) is 5.94. The summed E-state index contributed by atoms with van der Waals surface area (Å²) in [7, 11) is 0.250. The molecule has 15 heteroatoms. The lowest BCUT2D eigenvalue weighted by Crippen LogP contribution is -2.22. The number of unbranched alkanes of at least 4 members (excludes halogenated alkanes) is 6. The molecule has 4 aromatic carbocycles. The first kappa shape index (κ1) is 51.1. The van der Waals surface area contributed by atoms with Gasteiger partial charge in [-0.15, -0.1) is 0 Å². The molecule has 1 saturated heterocycles. The van der Waals surface area contributed by atoms with Gasteiger partial charge in [0.25, 0.3) is 0 Å². The highest BCUT2D eigenvalue weighted by molar-refractivity contribution is 7.88. The number of benzene rings is 4. The van der Waals surface area contributed by atoms with Gasteiger partial charge in [0.1, 0.15) is 12.8 Å². The normalized spacial score (nSPS) is 14.4. The topological polar surface area (TPSA) is 141 Å². The van der Waals surface area contributed by atoms with Gasteiger partial charge in [-0.05, 0) is 155 Å². The zero-order valence-electron chi connectivity index (χ0n) is 34.9. The fraction of sp³-hybridized carbons (Fsp3) is 0.467. The second-order valence-electron chi connectivity index (χ2n) is 13.6. The number of halogens is 3. The van der Waals surface area contributed by atoms with Crippen LogP contribution in [0.2, 0.25) is 0 Å². The van der Waals surface area contributed by atoms with Crippen molar-refractivity contribution < 1.29 is 48.6 Å². The molecular formula is C45H58Cl3O10PS. The molecule has 6 rings (SSSR count). The number of ether oxygens (including phenoxy) is 5. The van der Waals surface area contributed by atoms with Crippen LogP contribution in [0, 0.1) is 0 Å². The summed E-state index contributed by atoms with van der Waals surface area (Å²) in [6.07, 6.45) is 17.8. The molecule has 10 nitrogen and oxygen atoms in total. The van der Waals surface area contributed by atoms with E-state index < -0.39 is 16.2 Å². The molecule has 3 N–H and O–H groups in total. The molecule has 0 radical (unpaired) electrons. The highest BCUT2D eigenvalue weighted by Gasteiger charge is 2.13. The Labute approximate surface area is 377 Å². The van der Waals surface area contributed by atoms with Gasteiger partial charge < -0.3 is 39.0 Å². The first-order chi connectivity index (χ1) is 29.6. The molecule has 1 unspecified atom stereocenters. The predicted octanol–water partition coefficient (Wildman–Crippen LogP) is 12.4. The van der Waals surface area contributed by atoms with Crippen LogP contribution in [0.1, 0.15) is 104 Å². The van der Waals surface area contributed by atoms with Gasteiger partial charge in [-0.1, -0.05) is 83.7 Å². The Bertz CT molecular complexity index is 1860. The van der Waals surface area contributed by atoms with Crippen molar-refractivity contribution >= 4 is 88.1 Å². The van der Waals surface area contributed by atoms with Crippen molar-refractivity contribution in [3.8, 4) is 11.5 Å². The van der Waals surface area contributed by atoms with Crippen molar-refractivity contribution in [3.63, 3.8) is 0 Å². The Kier molecular flexibility index (Phi) is 28.4. The fourth-order valence-corrected chi connectivity index (χ4v) is 5.94. The number of alkyl halides is 3. The van der Waals surface area contributed by atoms with Gasteiger partial charge in [0.2, 0.25) is 0 Å². The van der Waals surface area contributed by atoms with Crippen LogP contribution in [0.25, 0.3) is 21.5 Å². The van der Waals surface area contributed by atoms with E-state index in [1.54, 1.807) is 36.6 Å². The molecule has 0 saturated carbocycles. The Balaban J connectivity index is 0.000000330. The van der Waals surface area contributed by atoms with E-state index in [1.807, 2.05) is 48.5 Å². The van der Waals surface area contributed by atoms with Crippen LogP contribution in [-0.4, -0.2) is 78.8 Å². The van der Waals surface area contributed by atoms with Gasteiger partial charge in [0.15, 0.2) is 10.6 Å². The Morgan fingerprint density at radius 1 is 0.717 bits per heavy atom. The van der Waals surface area contributed by atoms with Crippen LogP contribution in [0.5, 0.6) is 11.5 Å². The summed E-state index contributed by atoms with van der Waals surface area (Å²) in [5.74, 6) is -0.204. The Morgan fingerprint density at radius 2 is 1.20 bits per heavy atom. The highest BCUT2D eigenvalue weighted by Crippen LogP contribution is 2.24. The van der Waals surface area contributed by atoms with E-state index in [-0.39, 0.29) is 20.9 Å². The molecule has 2 aliphatic heterocycles. The number of allylic oxidation sites excluding steroid dienone is 1. The molecule has 0 spiro atoms. The summed E-state index contributed by atoms with van der Waals surface area (Å²) in [6.45, 7) is 4.11. The van der Waals surface area contributed by atoms with Crippen molar-refractivity contribution in [1.29, 1.82) is 1.28 Å². The standard InChI is InChI=1S/C22H28O5.C17H20O4.C5H8O.CHCl3.HPS/c23-22(24)19-9-8-18-16-20(11-10-17(18)15-19)25-12-4-1-2-5-13-26-21-7-3-6-14-27-21;18-9-3-1-2-4-10-21-16-8-7-13-11-15(17(19)20)6-5-14(13)12-16;1-2-4-6-5-3-1;2-1(3)4;1-2/h8-11,15-16,21H,1-7,12-14H2,(H,23,24);5-8,11-12,18H,1-4,9-10H2,(H,19,20);2,4H,1,3,5H2;1H;1H/i;;;;1T. The number of aromatic carboxylic acids is 2. The minimum Gasteiger partial charge on any atom is -0.502 e. The lowest BCUT2D eigenvalue weighted by Gasteiger charge is -2.22. The summed E-state index contributed by atoms with van der Waals surface area (Å²) < 4.78 is 32.9. The average Bonchev–Trinajstić information content (AvgIpc) is 3.26. The number of rotatable bonds is 18. The molecule has 1 fully saturated rings. The second-order valence-corrected chi connectivity index (χ2v) is 15.6. The largest absolute Gasteiger partial charge is 0.502 e. The Morgan fingerprint density at radius 3 is 1.60 bits per heavy atom. The maximum absolute atomic E-state index is 11.0. The quantitative estimate of drug-likeness (QED) is 0.0499. The SMILES string of the molecule is C1=COCCC1.ClC(Cl)Cl.O=C(O)c1ccc2cc(OCCCCCCO)ccc2c1.O=C(O)c1ccc2cc(OCCCCCCOC3CCCCO3)ccc2c1.[3H]P=S. The molecule has 2 aliphatic rings. The van der Waals surface area contributed by atoms with Gasteiger partial charge in [-0.25, -0.2) is 9.59 Å². The zero-order valence-corrected chi connectivity index (χ0v) is 37.8. The summed E-state index contributed by atoms with van der Waals surface area (Å²) in [5, 5.41) is 30.5. The van der Waals surface area contributed by atoms with E-state index in [2.05, 4.69) is 11.8 Å².